The molecule has 1 heterocycles. The molecule has 3 atom stereocenters. The molecule has 122 valence electrons. The van der Waals surface area contributed by atoms with E-state index in [2.05, 4.69) is 25.8 Å². The fourth-order valence-corrected chi connectivity index (χ4v) is 3.73. The molecule has 0 spiro atoms. The molecule has 0 radical (unpaired) electrons. The van der Waals surface area contributed by atoms with Crippen molar-refractivity contribution >= 4 is 5.91 Å². The van der Waals surface area contributed by atoms with Gasteiger partial charge in [0.05, 0.1) is 6.10 Å². The van der Waals surface area contributed by atoms with Gasteiger partial charge in [0.25, 0.3) is 0 Å². The van der Waals surface area contributed by atoms with Gasteiger partial charge in [-0.25, -0.2) is 0 Å². The number of rotatable bonds is 4. The van der Waals surface area contributed by atoms with Crippen LogP contribution in [0.5, 0.6) is 0 Å². The van der Waals surface area contributed by atoms with Gasteiger partial charge in [-0.05, 0) is 33.4 Å². The van der Waals surface area contributed by atoms with Gasteiger partial charge in [-0.2, -0.15) is 0 Å². The van der Waals surface area contributed by atoms with Gasteiger partial charge in [-0.3, -0.25) is 4.79 Å². The highest BCUT2D eigenvalue weighted by molar-refractivity contribution is 5.89. The fraction of sp³-hybridized carbons (Fsp3) is 0.938. The van der Waals surface area contributed by atoms with Crippen molar-refractivity contribution in [2.45, 2.75) is 57.7 Å². The minimum absolute atomic E-state index is 0.0729. The maximum Gasteiger partial charge on any atom is 0.243 e. The molecule has 2 N–H and O–H groups in total. The van der Waals surface area contributed by atoms with E-state index in [0.717, 1.165) is 25.9 Å². The Balaban J connectivity index is 2.05. The highest BCUT2D eigenvalue weighted by Gasteiger charge is 2.63. The summed E-state index contributed by atoms with van der Waals surface area (Å²) < 4.78 is 5.72. The number of ether oxygens (including phenoxy) is 1. The Labute approximate surface area is 128 Å². The quantitative estimate of drug-likeness (QED) is 0.843. The van der Waals surface area contributed by atoms with E-state index in [1.54, 1.807) is 0 Å². The molecule has 1 saturated heterocycles. The standard InChI is InChI=1S/C16H31N3O2/c1-6-21-13-10-16(17,15(13,2)3)14(20)19(5)12-8-7-9-18(4)11-12/h12-13H,6-11,17H2,1-5H3. The molecule has 2 aliphatic rings. The summed E-state index contributed by atoms with van der Waals surface area (Å²) in [7, 11) is 4.02. The lowest BCUT2D eigenvalue weighted by atomic mass is 9.54. The van der Waals surface area contributed by atoms with Crippen LogP contribution >= 0.6 is 0 Å². The van der Waals surface area contributed by atoms with E-state index in [1.165, 1.54) is 0 Å². The highest BCUT2D eigenvalue weighted by atomic mass is 16.5. The van der Waals surface area contributed by atoms with Crippen LogP contribution in [-0.4, -0.2) is 67.2 Å². The number of amides is 1. The number of hydrogen-bond acceptors (Lipinski definition) is 4. The molecule has 0 aromatic rings. The first-order chi connectivity index (χ1) is 9.74. The molecule has 1 saturated carbocycles. The second kappa shape index (κ2) is 5.86. The van der Waals surface area contributed by atoms with Crippen molar-refractivity contribution in [2.24, 2.45) is 11.1 Å². The SMILES string of the molecule is CCOC1CC(N)(C(=O)N(C)C2CCCN(C)C2)C1(C)C. The van der Waals surface area contributed by atoms with E-state index in [9.17, 15) is 4.79 Å². The normalized spacial score (nSPS) is 36.1. The molecule has 2 rings (SSSR count). The zero-order chi connectivity index (χ0) is 15.8. The van der Waals surface area contributed by atoms with Crippen LogP contribution in [0.25, 0.3) is 0 Å². The molecular formula is C16H31N3O2. The Bertz CT molecular complexity index is 399. The van der Waals surface area contributed by atoms with E-state index < -0.39 is 5.54 Å². The van der Waals surface area contributed by atoms with E-state index >= 15 is 0 Å². The van der Waals surface area contributed by atoms with Gasteiger partial charge in [0.1, 0.15) is 5.54 Å². The molecule has 1 amide bonds. The van der Waals surface area contributed by atoms with Crippen LogP contribution in [0.15, 0.2) is 0 Å². The van der Waals surface area contributed by atoms with E-state index in [4.69, 9.17) is 10.5 Å². The minimum Gasteiger partial charge on any atom is -0.378 e. The second-order valence-corrected chi connectivity index (χ2v) is 7.32. The number of carbonyl (C=O) groups excluding carboxylic acids is 1. The predicted molar refractivity (Wildman–Crippen MR) is 84.0 cm³/mol. The maximum atomic E-state index is 12.9. The van der Waals surface area contributed by atoms with E-state index in [-0.39, 0.29) is 23.5 Å². The third-order valence-corrected chi connectivity index (χ3v) is 5.68. The topological polar surface area (TPSA) is 58.8 Å². The lowest BCUT2D eigenvalue weighted by Crippen LogP contribution is -2.76. The lowest BCUT2D eigenvalue weighted by molar-refractivity contribution is -0.180. The van der Waals surface area contributed by atoms with Gasteiger partial charge in [0, 0.05) is 38.1 Å². The van der Waals surface area contributed by atoms with Crippen molar-refractivity contribution in [1.29, 1.82) is 0 Å². The van der Waals surface area contributed by atoms with Crippen molar-refractivity contribution < 1.29 is 9.53 Å². The van der Waals surface area contributed by atoms with Crippen molar-refractivity contribution in [3.8, 4) is 0 Å². The Morgan fingerprint density at radius 3 is 2.67 bits per heavy atom. The van der Waals surface area contributed by atoms with Crippen LogP contribution in [0.1, 0.15) is 40.0 Å². The Hall–Kier alpha value is -0.650. The van der Waals surface area contributed by atoms with Gasteiger partial charge >= 0.3 is 0 Å². The summed E-state index contributed by atoms with van der Waals surface area (Å²) >= 11 is 0. The lowest BCUT2D eigenvalue weighted by Gasteiger charge is -2.59. The van der Waals surface area contributed by atoms with Crippen LogP contribution in [0.4, 0.5) is 0 Å². The van der Waals surface area contributed by atoms with Crippen molar-refractivity contribution in [1.82, 2.24) is 9.80 Å². The van der Waals surface area contributed by atoms with Gasteiger partial charge in [-0.15, -0.1) is 0 Å². The second-order valence-electron chi connectivity index (χ2n) is 7.32. The van der Waals surface area contributed by atoms with Crippen LogP contribution in [-0.2, 0) is 9.53 Å². The van der Waals surface area contributed by atoms with Gasteiger partial charge in [0.15, 0.2) is 0 Å². The number of nitrogens with zero attached hydrogens (tertiary/aromatic N) is 2. The van der Waals surface area contributed by atoms with Gasteiger partial charge in [0.2, 0.25) is 5.91 Å². The van der Waals surface area contributed by atoms with Crippen molar-refractivity contribution in [2.75, 3.05) is 33.8 Å². The van der Waals surface area contributed by atoms with Gasteiger partial charge < -0.3 is 20.3 Å². The molecule has 0 aromatic carbocycles. The summed E-state index contributed by atoms with van der Waals surface area (Å²) in [6, 6.07) is 0.276. The van der Waals surface area contributed by atoms with E-state index in [0.29, 0.717) is 13.0 Å². The Morgan fingerprint density at radius 1 is 1.48 bits per heavy atom. The summed E-state index contributed by atoms with van der Waals surface area (Å²) in [4.78, 5) is 17.1. The maximum absolute atomic E-state index is 12.9. The number of carbonyl (C=O) groups is 1. The molecule has 5 heteroatoms. The van der Waals surface area contributed by atoms with Gasteiger partial charge in [-0.1, -0.05) is 13.8 Å². The average Bonchev–Trinajstić information content (AvgIpc) is 2.45. The minimum atomic E-state index is -0.794. The third-order valence-electron chi connectivity index (χ3n) is 5.68. The molecule has 3 unspecified atom stereocenters. The smallest absolute Gasteiger partial charge is 0.243 e. The number of likely N-dealkylation sites (tertiary alicyclic amines) is 1. The van der Waals surface area contributed by atoms with Crippen LogP contribution in [0, 0.1) is 5.41 Å². The Morgan fingerprint density at radius 2 is 2.14 bits per heavy atom. The number of nitrogens with two attached hydrogens (primary N) is 1. The number of hydrogen-bond donors (Lipinski definition) is 1. The molecule has 2 fully saturated rings. The molecule has 21 heavy (non-hydrogen) atoms. The fourth-order valence-electron chi connectivity index (χ4n) is 3.73. The summed E-state index contributed by atoms with van der Waals surface area (Å²) in [6.07, 6.45) is 2.91. The summed E-state index contributed by atoms with van der Waals surface area (Å²) in [5, 5.41) is 0. The summed E-state index contributed by atoms with van der Waals surface area (Å²) in [5.74, 6) is 0.0729. The molecule has 0 aromatic heterocycles. The third kappa shape index (κ3) is 2.71. The summed E-state index contributed by atoms with van der Waals surface area (Å²) in [6.45, 7) is 8.81. The average molecular weight is 297 g/mol. The van der Waals surface area contributed by atoms with Crippen LogP contribution in [0.2, 0.25) is 0 Å². The molecule has 5 nitrogen and oxygen atoms in total. The zero-order valence-corrected chi connectivity index (χ0v) is 14.2. The van der Waals surface area contributed by atoms with Crippen molar-refractivity contribution in [3.63, 3.8) is 0 Å². The number of likely N-dealkylation sites (N-methyl/N-ethyl adjacent to an activating group) is 2. The largest absolute Gasteiger partial charge is 0.378 e. The van der Waals surface area contributed by atoms with E-state index in [1.807, 2.05) is 18.9 Å². The first-order valence-corrected chi connectivity index (χ1v) is 8.10. The summed E-state index contributed by atoms with van der Waals surface area (Å²) in [5.41, 5.74) is 5.40. The zero-order valence-electron chi connectivity index (χ0n) is 14.2. The van der Waals surface area contributed by atoms with Crippen molar-refractivity contribution in [3.05, 3.63) is 0 Å². The Kier molecular flexibility index (Phi) is 4.66. The molecule has 0 bridgehead atoms. The first kappa shape index (κ1) is 16.7. The molecule has 1 aliphatic carbocycles. The first-order valence-electron chi connectivity index (χ1n) is 8.10. The number of piperidine rings is 1. The molecule has 1 aliphatic heterocycles. The highest BCUT2D eigenvalue weighted by Crippen LogP contribution is 2.50. The monoisotopic (exact) mass is 297 g/mol. The molecular weight excluding hydrogens is 266 g/mol. The predicted octanol–water partition coefficient (Wildman–Crippen LogP) is 1.07. The van der Waals surface area contributed by atoms with Crippen LogP contribution < -0.4 is 5.73 Å². The van der Waals surface area contributed by atoms with Crippen LogP contribution in [0.3, 0.4) is 0 Å².